The van der Waals surface area contributed by atoms with Crippen LogP contribution in [0.25, 0.3) is 5.69 Å². The molecule has 1 atom stereocenters. The second-order valence-electron chi connectivity index (χ2n) is 6.95. The highest BCUT2D eigenvalue weighted by Crippen LogP contribution is 2.27. The zero-order chi connectivity index (χ0) is 21.0. The van der Waals surface area contributed by atoms with Gasteiger partial charge in [0.2, 0.25) is 11.3 Å². The van der Waals surface area contributed by atoms with Crippen molar-refractivity contribution >= 4 is 5.91 Å². The highest BCUT2D eigenvalue weighted by atomic mass is 16.5. The van der Waals surface area contributed by atoms with E-state index < -0.39 is 5.43 Å². The van der Waals surface area contributed by atoms with Gasteiger partial charge in [0.15, 0.2) is 5.69 Å². The van der Waals surface area contributed by atoms with Gasteiger partial charge >= 0.3 is 0 Å². The first-order valence-corrected chi connectivity index (χ1v) is 9.80. The van der Waals surface area contributed by atoms with Crippen molar-refractivity contribution in [1.29, 1.82) is 0 Å². The van der Waals surface area contributed by atoms with Crippen molar-refractivity contribution in [3.8, 4) is 23.1 Å². The predicted octanol–water partition coefficient (Wildman–Crippen LogP) is 2.66. The minimum Gasteiger partial charge on any atom is -0.497 e. The Morgan fingerprint density at radius 3 is 2.41 bits per heavy atom. The summed E-state index contributed by atoms with van der Waals surface area (Å²) in [6.07, 6.45) is 2.92. The lowest BCUT2D eigenvalue weighted by Gasteiger charge is -2.33. The largest absolute Gasteiger partial charge is 0.497 e. The third-order valence-electron chi connectivity index (χ3n) is 5.04. The van der Waals surface area contributed by atoms with Crippen LogP contribution in [0.3, 0.4) is 0 Å². The van der Waals surface area contributed by atoms with Gasteiger partial charge in [-0.3, -0.25) is 9.59 Å². The lowest BCUT2D eigenvalue weighted by molar-refractivity contribution is 0.0625. The van der Waals surface area contributed by atoms with Gasteiger partial charge in [0.1, 0.15) is 11.5 Å². The quantitative estimate of drug-likeness (QED) is 0.740. The maximum Gasteiger partial charge on any atom is 0.278 e. The number of benzene rings is 1. The zero-order valence-electron chi connectivity index (χ0n) is 17.3. The van der Waals surface area contributed by atoms with Crippen molar-refractivity contribution in [3.63, 3.8) is 0 Å². The Kier molecular flexibility index (Phi) is 6.41. The molecule has 0 bridgehead atoms. The van der Waals surface area contributed by atoms with Crippen LogP contribution in [0.5, 0.6) is 17.4 Å². The number of methoxy groups -OCH3 is 2. The fourth-order valence-electron chi connectivity index (χ4n) is 3.47. The summed E-state index contributed by atoms with van der Waals surface area (Å²) in [7, 11) is 3.10. The molecule has 0 spiro atoms. The molecule has 156 valence electrons. The monoisotopic (exact) mass is 401 g/mol. The fourth-order valence-corrected chi connectivity index (χ4v) is 3.47. The van der Waals surface area contributed by atoms with Gasteiger partial charge in [-0.2, -0.15) is 9.78 Å². The van der Waals surface area contributed by atoms with Crippen molar-refractivity contribution in [2.45, 2.75) is 39.2 Å². The first-order valence-electron chi connectivity index (χ1n) is 9.80. The highest BCUT2D eigenvalue weighted by molar-refractivity contribution is 5.92. The van der Waals surface area contributed by atoms with E-state index in [1.54, 1.807) is 37.3 Å². The maximum atomic E-state index is 13.1. The SMILES string of the molecule is CCOc1cc(=O)c(C(=O)N2CCCC[C@H]2C)nn1-c1cc(OC)cc(OC)c1. The van der Waals surface area contributed by atoms with Gasteiger partial charge in [-0.05, 0) is 33.1 Å². The van der Waals surface area contributed by atoms with Crippen molar-refractivity contribution in [1.82, 2.24) is 14.7 Å². The first-order chi connectivity index (χ1) is 14.0. The molecule has 1 saturated heterocycles. The van der Waals surface area contributed by atoms with E-state index in [4.69, 9.17) is 14.2 Å². The highest BCUT2D eigenvalue weighted by Gasteiger charge is 2.28. The number of carbonyl (C=O) groups excluding carboxylic acids is 1. The van der Waals surface area contributed by atoms with Crippen LogP contribution in [0.15, 0.2) is 29.1 Å². The van der Waals surface area contributed by atoms with E-state index in [0.29, 0.717) is 30.3 Å². The molecule has 8 heteroatoms. The minimum atomic E-state index is -0.456. The molecule has 3 rings (SSSR count). The van der Waals surface area contributed by atoms with Crippen LogP contribution in [0, 0.1) is 0 Å². The summed E-state index contributed by atoms with van der Waals surface area (Å²) >= 11 is 0. The number of rotatable bonds is 6. The molecule has 0 radical (unpaired) electrons. The van der Waals surface area contributed by atoms with Crippen molar-refractivity contribution in [3.05, 3.63) is 40.2 Å². The van der Waals surface area contributed by atoms with E-state index in [9.17, 15) is 9.59 Å². The standard InChI is InChI=1S/C21H27N3O5/c1-5-29-19-13-18(25)20(21(26)23-9-7-6-8-14(23)2)22-24(19)15-10-16(27-3)12-17(11-15)28-4/h10-14H,5-9H2,1-4H3/t14-/m1/s1. The lowest BCUT2D eigenvalue weighted by Crippen LogP contribution is -2.44. The van der Waals surface area contributed by atoms with Crippen LogP contribution < -0.4 is 19.6 Å². The van der Waals surface area contributed by atoms with Crippen LogP contribution in [0.2, 0.25) is 0 Å². The molecule has 0 aliphatic carbocycles. The summed E-state index contributed by atoms with van der Waals surface area (Å²) in [5.74, 6) is 1.00. The second kappa shape index (κ2) is 8.98. The summed E-state index contributed by atoms with van der Waals surface area (Å²) in [5, 5.41) is 4.40. The molecule has 2 aromatic rings. The van der Waals surface area contributed by atoms with Gasteiger partial charge in [-0.1, -0.05) is 0 Å². The molecule has 0 saturated carbocycles. The average molecular weight is 401 g/mol. The topological polar surface area (TPSA) is 82.9 Å². The molecule has 1 amide bonds. The second-order valence-corrected chi connectivity index (χ2v) is 6.95. The first kappa shape index (κ1) is 20.7. The van der Waals surface area contributed by atoms with Crippen LogP contribution in [0.4, 0.5) is 0 Å². The van der Waals surface area contributed by atoms with Crippen LogP contribution in [-0.2, 0) is 0 Å². The maximum absolute atomic E-state index is 13.1. The van der Waals surface area contributed by atoms with E-state index in [1.165, 1.54) is 10.7 Å². The van der Waals surface area contributed by atoms with Crippen LogP contribution in [-0.4, -0.2) is 54.0 Å². The molecule has 8 nitrogen and oxygen atoms in total. The molecular weight excluding hydrogens is 374 g/mol. The van der Waals surface area contributed by atoms with Gasteiger partial charge in [0, 0.05) is 30.8 Å². The van der Waals surface area contributed by atoms with E-state index in [1.807, 2.05) is 13.8 Å². The molecule has 1 fully saturated rings. The summed E-state index contributed by atoms with van der Waals surface area (Å²) in [6.45, 7) is 4.78. The average Bonchev–Trinajstić information content (AvgIpc) is 2.73. The Hall–Kier alpha value is -3.03. The number of hydrogen-bond acceptors (Lipinski definition) is 6. The summed E-state index contributed by atoms with van der Waals surface area (Å²) in [5.41, 5.74) is -0.0169. The normalized spacial score (nSPS) is 16.4. The van der Waals surface area contributed by atoms with Gasteiger partial charge in [0.05, 0.1) is 32.6 Å². The number of amides is 1. The van der Waals surface area contributed by atoms with Crippen LogP contribution >= 0.6 is 0 Å². The number of likely N-dealkylation sites (tertiary alicyclic amines) is 1. The predicted molar refractivity (Wildman–Crippen MR) is 108 cm³/mol. The number of ether oxygens (including phenoxy) is 3. The fraction of sp³-hybridized carbons (Fsp3) is 0.476. The Balaban J connectivity index is 2.12. The van der Waals surface area contributed by atoms with E-state index in [2.05, 4.69) is 5.10 Å². The number of aromatic nitrogens is 2. The molecule has 2 heterocycles. The van der Waals surface area contributed by atoms with Gasteiger partial charge in [-0.15, -0.1) is 0 Å². The lowest BCUT2D eigenvalue weighted by atomic mass is 10.0. The minimum absolute atomic E-state index is 0.0781. The van der Waals surface area contributed by atoms with Crippen molar-refractivity contribution in [2.75, 3.05) is 27.4 Å². The number of hydrogen-bond donors (Lipinski definition) is 0. The van der Waals surface area contributed by atoms with Crippen LogP contribution in [0.1, 0.15) is 43.6 Å². The number of carbonyl (C=O) groups is 1. The smallest absolute Gasteiger partial charge is 0.278 e. The van der Waals surface area contributed by atoms with Crippen molar-refractivity contribution in [2.24, 2.45) is 0 Å². The van der Waals surface area contributed by atoms with E-state index in [0.717, 1.165) is 19.3 Å². The molecule has 1 aromatic heterocycles. The molecule has 29 heavy (non-hydrogen) atoms. The summed E-state index contributed by atoms with van der Waals surface area (Å²) < 4.78 is 17.7. The van der Waals surface area contributed by atoms with Gasteiger partial charge in [-0.25, -0.2) is 0 Å². The van der Waals surface area contributed by atoms with E-state index in [-0.39, 0.29) is 23.5 Å². The zero-order valence-corrected chi connectivity index (χ0v) is 17.3. The number of piperidine rings is 1. The Morgan fingerprint density at radius 1 is 1.14 bits per heavy atom. The molecule has 1 aliphatic heterocycles. The summed E-state index contributed by atoms with van der Waals surface area (Å²) in [4.78, 5) is 27.5. The molecular formula is C21H27N3O5. The number of nitrogens with zero attached hydrogens (tertiary/aromatic N) is 3. The third kappa shape index (κ3) is 4.36. The van der Waals surface area contributed by atoms with E-state index >= 15 is 0 Å². The Bertz CT molecular complexity index is 918. The van der Waals surface area contributed by atoms with Crippen molar-refractivity contribution < 1.29 is 19.0 Å². The third-order valence-corrected chi connectivity index (χ3v) is 5.04. The van der Waals surface area contributed by atoms with Gasteiger partial charge in [0.25, 0.3) is 5.91 Å². The summed E-state index contributed by atoms with van der Waals surface area (Å²) in [6, 6.07) is 6.59. The molecule has 0 unspecified atom stereocenters. The molecule has 0 N–H and O–H groups in total. The Labute approximate surface area is 170 Å². The Morgan fingerprint density at radius 2 is 1.83 bits per heavy atom. The molecule has 1 aromatic carbocycles. The molecule has 1 aliphatic rings. The van der Waals surface area contributed by atoms with Gasteiger partial charge < -0.3 is 19.1 Å².